The van der Waals surface area contributed by atoms with E-state index in [4.69, 9.17) is 11.6 Å². The van der Waals surface area contributed by atoms with Crippen LogP contribution in [-0.2, 0) is 6.18 Å². The topological polar surface area (TPSA) is 120 Å². The van der Waals surface area contributed by atoms with Crippen LogP contribution in [0.3, 0.4) is 0 Å². The largest absolute Gasteiger partial charge is 0.433 e. The van der Waals surface area contributed by atoms with Gasteiger partial charge in [-0.2, -0.15) is 13.2 Å². The van der Waals surface area contributed by atoms with E-state index < -0.39 is 40.1 Å². The summed E-state index contributed by atoms with van der Waals surface area (Å²) in [5.41, 5.74) is -1.47. The van der Waals surface area contributed by atoms with Crippen molar-refractivity contribution < 1.29 is 27.2 Å². The summed E-state index contributed by atoms with van der Waals surface area (Å²) in [5, 5.41) is 16.2. The highest BCUT2D eigenvalue weighted by molar-refractivity contribution is 6.35. The zero-order valence-corrected chi connectivity index (χ0v) is 24.2. The van der Waals surface area contributed by atoms with Gasteiger partial charge in [-0.15, -0.1) is 5.10 Å². The first-order chi connectivity index (χ1) is 20.4. The molecule has 2 saturated heterocycles. The van der Waals surface area contributed by atoms with Crippen molar-refractivity contribution in [2.75, 3.05) is 56.5 Å². The number of rotatable bonds is 6. The maximum Gasteiger partial charge on any atom is 0.433 e. The molecule has 0 radical (unpaired) electrons. The van der Waals surface area contributed by atoms with E-state index in [2.05, 4.69) is 36.1 Å². The lowest BCUT2D eigenvalue weighted by Gasteiger charge is -2.31. The number of aromatic nitrogens is 4. The zero-order valence-electron chi connectivity index (χ0n) is 23.4. The predicted molar refractivity (Wildman–Crippen MR) is 151 cm³/mol. The molecule has 2 aromatic heterocycles. The van der Waals surface area contributed by atoms with Gasteiger partial charge in [-0.3, -0.25) is 14.6 Å². The van der Waals surface area contributed by atoms with E-state index in [1.807, 2.05) is 11.9 Å². The SMILES string of the molecule is Cc1c(C(F)(F)F)ncc(C(=O)Nc2cc(-n3cc(C(=O)NC4CCN(C)CC4)nn3)c(F)cc2N2CCNCC2)c1Cl. The summed E-state index contributed by atoms with van der Waals surface area (Å²) < 4.78 is 56.5. The minimum atomic E-state index is -4.75. The maximum absolute atomic E-state index is 15.5. The molecular weight excluding hydrogens is 594 g/mol. The van der Waals surface area contributed by atoms with Crippen molar-refractivity contribution in [2.24, 2.45) is 0 Å². The average molecular weight is 624 g/mol. The molecule has 4 heterocycles. The zero-order chi connectivity index (χ0) is 30.9. The van der Waals surface area contributed by atoms with Crippen LogP contribution in [0.5, 0.6) is 0 Å². The molecule has 2 fully saturated rings. The number of alkyl halides is 3. The lowest BCUT2D eigenvalue weighted by Crippen LogP contribution is -2.44. The standard InChI is InChI=1S/C27H30ClF4N9O2/c1-15-23(28)17(13-34-24(15)27(30,31)32)25(42)36-19-12-21(18(29)11-22(19)40-9-5-33-6-10-40)41-14-20(37-38-41)26(43)35-16-3-7-39(2)8-4-16/h11-14,16,33H,3-10H2,1-2H3,(H,35,43)(H,36,42). The molecule has 3 aromatic rings. The van der Waals surface area contributed by atoms with Crippen LogP contribution >= 0.6 is 11.6 Å². The molecule has 3 N–H and O–H groups in total. The smallest absolute Gasteiger partial charge is 0.367 e. The van der Waals surface area contributed by atoms with Crippen LogP contribution < -0.4 is 20.9 Å². The molecule has 0 aliphatic carbocycles. The van der Waals surface area contributed by atoms with Gasteiger partial charge in [-0.1, -0.05) is 16.8 Å². The molecule has 11 nitrogen and oxygen atoms in total. The number of piperidine rings is 1. The Hall–Kier alpha value is -3.82. The Kier molecular flexibility index (Phi) is 8.85. The second-order valence-electron chi connectivity index (χ2n) is 10.6. The van der Waals surface area contributed by atoms with Gasteiger partial charge in [0.25, 0.3) is 11.8 Å². The number of nitrogens with zero attached hydrogens (tertiary/aromatic N) is 6. The van der Waals surface area contributed by atoms with Gasteiger partial charge in [0.2, 0.25) is 0 Å². The Bertz CT molecular complexity index is 1520. The van der Waals surface area contributed by atoms with Crippen LogP contribution in [0.15, 0.2) is 24.5 Å². The number of carbonyl (C=O) groups excluding carboxylic acids is 2. The van der Waals surface area contributed by atoms with Gasteiger partial charge in [0.05, 0.1) is 28.2 Å². The molecule has 230 valence electrons. The molecule has 1 aromatic carbocycles. The highest BCUT2D eigenvalue weighted by Gasteiger charge is 2.36. The third kappa shape index (κ3) is 6.73. The first-order valence-corrected chi connectivity index (χ1v) is 14.0. The predicted octanol–water partition coefficient (Wildman–Crippen LogP) is 3.27. The van der Waals surface area contributed by atoms with E-state index in [0.29, 0.717) is 31.9 Å². The highest BCUT2D eigenvalue weighted by atomic mass is 35.5. The number of pyridine rings is 1. The van der Waals surface area contributed by atoms with Crippen LogP contribution in [0.1, 0.15) is 44.9 Å². The lowest BCUT2D eigenvalue weighted by atomic mass is 10.1. The normalized spacial score (nSPS) is 16.8. The third-order valence-electron chi connectivity index (χ3n) is 7.55. The van der Waals surface area contributed by atoms with Crippen LogP contribution in [0.25, 0.3) is 5.69 Å². The van der Waals surface area contributed by atoms with Crippen LogP contribution in [0.4, 0.5) is 28.9 Å². The fourth-order valence-electron chi connectivity index (χ4n) is 5.11. The molecule has 0 atom stereocenters. The van der Waals surface area contributed by atoms with E-state index in [-0.39, 0.29) is 28.7 Å². The minimum absolute atomic E-state index is 0.00631. The Balaban J connectivity index is 1.44. The summed E-state index contributed by atoms with van der Waals surface area (Å²) in [5.74, 6) is -1.96. The van der Waals surface area contributed by atoms with E-state index in [9.17, 15) is 22.8 Å². The minimum Gasteiger partial charge on any atom is -0.367 e. The summed E-state index contributed by atoms with van der Waals surface area (Å²) in [6.45, 7) is 5.07. The molecule has 0 saturated carbocycles. The maximum atomic E-state index is 15.5. The number of hydrogen-bond donors (Lipinski definition) is 3. The highest BCUT2D eigenvalue weighted by Crippen LogP contribution is 2.36. The van der Waals surface area contributed by atoms with Gasteiger partial charge in [-0.05, 0) is 51.5 Å². The van der Waals surface area contributed by atoms with Crippen LogP contribution in [0.2, 0.25) is 5.02 Å². The molecule has 0 bridgehead atoms. The Morgan fingerprint density at radius 2 is 1.77 bits per heavy atom. The average Bonchev–Trinajstić information content (AvgIpc) is 3.46. The Morgan fingerprint density at radius 1 is 1.07 bits per heavy atom. The monoisotopic (exact) mass is 623 g/mol. The number of amides is 2. The van der Waals surface area contributed by atoms with Gasteiger partial charge < -0.3 is 25.8 Å². The second-order valence-corrected chi connectivity index (χ2v) is 10.9. The second kappa shape index (κ2) is 12.4. The molecule has 16 heteroatoms. The fraction of sp³-hybridized carbons (Fsp3) is 0.444. The summed E-state index contributed by atoms with van der Waals surface area (Å²) in [7, 11) is 2.01. The first kappa shape index (κ1) is 30.6. The Labute approximate surface area is 249 Å². The van der Waals surface area contributed by atoms with E-state index in [0.717, 1.165) is 43.7 Å². The summed E-state index contributed by atoms with van der Waals surface area (Å²) in [6, 6.07) is 2.55. The number of hydrogen-bond acceptors (Lipinski definition) is 8. The van der Waals surface area contributed by atoms with Crippen LogP contribution in [-0.4, -0.2) is 89.1 Å². The van der Waals surface area contributed by atoms with Gasteiger partial charge in [0, 0.05) is 44.5 Å². The summed E-state index contributed by atoms with van der Waals surface area (Å²) in [6.07, 6.45) is -1.11. The van der Waals surface area contributed by atoms with Crippen molar-refractivity contribution in [3.05, 3.63) is 57.9 Å². The van der Waals surface area contributed by atoms with Crippen molar-refractivity contribution in [1.82, 2.24) is 35.5 Å². The molecule has 2 aliphatic rings. The van der Waals surface area contributed by atoms with E-state index in [1.165, 1.54) is 18.3 Å². The fourth-order valence-corrected chi connectivity index (χ4v) is 5.34. The number of halogens is 5. The molecule has 0 spiro atoms. The quantitative estimate of drug-likeness (QED) is 0.358. The van der Waals surface area contributed by atoms with Gasteiger partial charge >= 0.3 is 6.18 Å². The molecule has 2 amide bonds. The number of anilines is 2. The number of nitrogens with one attached hydrogen (secondary N) is 3. The first-order valence-electron chi connectivity index (χ1n) is 13.7. The van der Waals surface area contributed by atoms with Crippen molar-refractivity contribution in [3.8, 4) is 5.69 Å². The molecular formula is C27H30ClF4N9O2. The van der Waals surface area contributed by atoms with Crippen molar-refractivity contribution in [2.45, 2.75) is 32.0 Å². The van der Waals surface area contributed by atoms with E-state index in [1.54, 1.807) is 0 Å². The third-order valence-corrected chi connectivity index (χ3v) is 8.04. The van der Waals surface area contributed by atoms with Crippen LogP contribution in [0, 0.1) is 12.7 Å². The van der Waals surface area contributed by atoms with Gasteiger partial charge in [-0.25, -0.2) is 9.07 Å². The van der Waals surface area contributed by atoms with Crippen molar-refractivity contribution >= 4 is 34.8 Å². The molecule has 43 heavy (non-hydrogen) atoms. The number of likely N-dealkylation sites (tertiary alicyclic amines) is 1. The molecule has 0 unspecified atom stereocenters. The summed E-state index contributed by atoms with van der Waals surface area (Å²) in [4.78, 5) is 33.5. The number of carbonyl (C=O) groups is 2. The molecule has 5 rings (SSSR count). The number of benzene rings is 1. The van der Waals surface area contributed by atoms with Gasteiger partial charge in [0.1, 0.15) is 11.4 Å². The Morgan fingerprint density at radius 3 is 2.44 bits per heavy atom. The summed E-state index contributed by atoms with van der Waals surface area (Å²) >= 11 is 6.17. The number of piperazine rings is 1. The lowest BCUT2D eigenvalue weighted by molar-refractivity contribution is -0.141. The van der Waals surface area contributed by atoms with Crippen molar-refractivity contribution in [3.63, 3.8) is 0 Å². The molecule has 2 aliphatic heterocycles. The van der Waals surface area contributed by atoms with Crippen molar-refractivity contribution in [1.29, 1.82) is 0 Å². The van der Waals surface area contributed by atoms with E-state index >= 15 is 4.39 Å². The van der Waals surface area contributed by atoms with Gasteiger partial charge in [0.15, 0.2) is 11.5 Å².